The van der Waals surface area contributed by atoms with Crippen molar-refractivity contribution in [3.8, 4) is 0 Å². The van der Waals surface area contributed by atoms with Crippen LogP contribution in [0.4, 0.5) is 0 Å². The third-order valence-corrected chi connectivity index (χ3v) is 3.79. The predicted octanol–water partition coefficient (Wildman–Crippen LogP) is 2.25. The first-order valence-electron chi connectivity index (χ1n) is 5.67. The summed E-state index contributed by atoms with van der Waals surface area (Å²) in [7, 11) is 0. The summed E-state index contributed by atoms with van der Waals surface area (Å²) in [5.74, 6) is 1.90. The van der Waals surface area contributed by atoms with Gasteiger partial charge in [0.25, 0.3) is 0 Å². The van der Waals surface area contributed by atoms with E-state index in [0.29, 0.717) is 0 Å². The Morgan fingerprint density at radius 3 is 3.25 bits per heavy atom. The number of rotatable bonds is 2. The topological polar surface area (TPSA) is 29.3 Å². The molecule has 1 aliphatic rings. The molecular weight excluding hydrogens is 266 g/mol. The minimum Gasteiger partial charge on any atom is -0.316 e. The standard InChI is InChI=1S/C12H14BrN3/c13-12-10-3-1-2-6-16(10)11(15-12)7-9-4-5-14-8-9/h1-3,6,9,14H,4-5,7-8H2. The van der Waals surface area contributed by atoms with Gasteiger partial charge in [0.2, 0.25) is 0 Å². The van der Waals surface area contributed by atoms with E-state index in [2.05, 4.69) is 49.0 Å². The molecule has 3 heterocycles. The molecule has 2 aromatic heterocycles. The Balaban J connectivity index is 1.96. The zero-order valence-corrected chi connectivity index (χ0v) is 10.6. The Labute approximate surface area is 103 Å². The molecule has 1 N–H and O–H groups in total. The second kappa shape index (κ2) is 4.18. The largest absolute Gasteiger partial charge is 0.316 e. The summed E-state index contributed by atoms with van der Waals surface area (Å²) in [6.07, 6.45) is 4.41. The van der Waals surface area contributed by atoms with Gasteiger partial charge in [-0.05, 0) is 53.5 Å². The van der Waals surface area contributed by atoms with E-state index in [1.807, 2.05) is 6.07 Å². The normalized spacial score (nSPS) is 20.7. The predicted molar refractivity (Wildman–Crippen MR) is 67.6 cm³/mol. The second-order valence-corrected chi connectivity index (χ2v) is 5.09. The van der Waals surface area contributed by atoms with Gasteiger partial charge in [0.1, 0.15) is 10.4 Å². The third kappa shape index (κ3) is 1.76. The minimum absolute atomic E-state index is 0.734. The molecule has 1 atom stereocenters. The average molecular weight is 280 g/mol. The van der Waals surface area contributed by atoms with Gasteiger partial charge in [0.05, 0.1) is 5.52 Å². The molecule has 16 heavy (non-hydrogen) atoms. The van der Waals surface area contributed by atoms with Gasteiger partial charge < -0.3 is 9.72 Å². The molecule has 0 bridgehead atoms. The van der Waals surface area contributed by atoms with Gasteiger partial charge in [-0.3, -0.25) is 0 Å². The highest BCUT2D eigenvalue weighted by molar-refractivity contribution is 9.10. The number of halogens is 1. The summed E-state index contributed by atoms with van der Waals surface area (Å²) in [6.45, 7) is 2.27. The fourth-order valence-corrected chi connectivity index (χ4v) is 2.88. The molecule has 0 aromatic carbocycles. The number of hydrogen-bond acceptors (Lipinski definition) is 2. The highest BCUT2D eigenvalue weighted by Crippen LogP contribution is 2.21. The van der Waals surface area contributed by atoms with Crippen LogP contribution >= 0.6 is 15.9 Å². The van der Waals surface area contributed by atoms with Crippen LogP contribution in [0.25, 0.3) is 5.52 Å². The third-order valence-electron chi connectivity index (χ3n) is 3.21. The zero-order chi connectivity index (χ0) is 11.0. The maximum absolute atomic E-state index is 4.61. The number of imidazole rings is 1. The van der Waals surface area contributed by atoms with Crippen molar-refractivity contribution in [2.45, 2.75) is 12.8 Å². The van der Waals surface area contributed by atoms with E-state index in [1.54, 1.807) is 0 Å². The Hall–Kier alpha value is -0.870. The fraction of sp³-hybridized carbons (Fsp3) is 0.417. The van der Waals surface area contributed by atoms with Crippen LogP contribution in [0.2, 0.25) is 0 Å². The van der Waals surface area contributed by atoms with E-state index in [9.17, 15) is 0 Å². The number of fused-ring (bicyclic) bond motifs is 1. The monoisotopic (exact) mass is 279 g/mol. The van der Waals surface area contributed by atoms with Gasteiger partial charge in [-0.1, -0.05) is 6.07 Å². The molecule has 0 amide bonds. The first-order valence-corrected chi connectivity index (χ1v) is 6.46. The summed E-state index contributed by atoms with van der Waals surface area (Å²) in [4.78, 5) is 4.61. The molecular formula is C12H14BrN3. The van der Waals surface area contributed by atoms with Gasteiger partial charge in [0.15, 0.2) is 0 Å². The lowest BCUT2D eigenvalue weighted by Gasteiger charge is -2.06. The summed E-state index contributed by atoms with van der Waals surface area (Å²) >= 11 is 3.52. The van der Waals surface area contributed by atoms with Crippen molar-refractivity contribution in [3.63, 3.8) is 0 Å². The van der Waals surface area contributed by atoms with Crippen LogP contribution < -0.4 is 5.32 Å². The maximum Gasteiger partial charge on any atom is 0.132 e. The SMILES string of the molecule is Brc1nc(CC2CCNC2)n2ccccc12. The smallest absolute Gasteiger partial charge is 0.132 e. The van der Waals surface area contributed by atoms with Crippen LogP contribution in [-0.4, -0.2) is 22.5 Å². The lowest BCUT2D eigenvalue weighted by molar-refractivity contribution is 0.560. The van der Waals surface area contributed by atoms with Crippen LogP contribution in [0.5, 0.6) is 0 Å². The van der Waals surface area contributed by atoms with Gasteiger partial charge in [0, 0.05) is 12.6 Å². The second-order valence-electron chi connectivity index (χ2n) is 4.34. The molecule has 0 spiro atoms. The molecule has 0 aliphatic carbocycles. The Bertz CT molecular complexity index is 500. The zero-order valence-electron chi connectivity index (χ0n) is 8.99. The van der Waals surface area contributed by atoms with Gasteiger partial charge >= 0.3 is 0 Å². The van der Waals surface area contributed by atoms with Crippen LogP contribution in [0.1, 0.15) is 12.2 Å². The van der Waals surface area contributed by atoms with Crippen LogP contribution in [0.3, 0.4) is 0 Å². The Kier molecular flexibility index (Phi) is 2.69. The van der Waals surface area contributed by atoms with Crippen molar-refractivity contribution in [2.75, 3.05) is 13.1 Å². The van der Waals surface area contributed by atoms with Crippen molar-refractivity contribution >= 4 is 21.4 Å². The van der Waals surface area contributed by atoms with Crippen LogP contribution in [0, 0.1) is 5.92 Å². The lowest BCUT2D eigenvalue weighted by Crippen LogP contribution is -2.12. The number of nitrogens with zero attached hydrogens (tertiary/aromatic N) is 2. The summed E-state index contributed by atoms with van der Waals surface area (Å²) in [6, 6.07) is 6.19. The van der Waals surface area contributed by atoms with Gasteiger partial charge in [-0.2, -0.15) is 0 Å². The first-order chi connectivity index (χ1) is 7.84. The van der Waals surface area contributed by atoms with E-state index >= 15 is 0 Å². The molecule has 3 rings (SSSR count). The number of aromatic nitrogens is 2. The molecule has 84 valence electrons. The van der Waals surface area contributed by atoms with Crippen molar-refractivity contribution in [1.82, 2.24) is 14.7 Å². The quantitative estimate of drug-likeness (QED) is 0.914. The molecule has 3 nitrogen and oxygen atoms in total. The molecule has 1 unspecified atom stereocenters. The average Bonchev–Trinajstić information content (AvgIpc) is 2.90. The van der Waals surface area contributed by atoms with E-state index in [4.69, 9.17) is 0 Å². The minimum atomic E-state index is 0.734. The van der Waals surface area contributed by atoms with Gasteiger partial charge in [-0.15, -0.1) is 0 Å². The highest BCUT2D eigenvalue weighted by atomic mass is 79.9. The van der Waals surface area contributed by atoms with Crippen molar-refractivity contribution < 1.29 is 0 Å². The molecule has 4 heteroatoms. The Morgan fingerprint density at radius 2 is 2.44 bits per heavy atom. The molecule has 0 radical (unpaired) electrons. The van der Waals surface area contributed by atoms with Crippen molar-refractivity contribution in [1.29, 1.82) is 0 Å². The number of pyridine rings is 1. The van der Waals surface area contributed by atoms with Crippen LogP contribution in [-0.2, 0) is 6.42 Å². The van der Waals surface area contributed by atoms with E-state index in [0.717, 1.165) is 41.4 Å². The highest BCUT2D eigenvalue weighted by Gasteiger charge is 2.18. The first kappa shape index (κ1) is 10.3. The molecule has 2 aromatic rings. The maximum atomic E-state index is 4.61. The fourth-order valence-electron chi connectivity index (χ4n) is 2.35. The summed E-state index contributed by atoms with van der Waals surface area (Å²) in [5.41, 5.74) is 1.16. The Morgan fingerprint density at radius 1 is 1.50 bits per heavy atom. The summed E-state index contributed by atoms with van der Waals surface area (Å²) < 4.78 is 3.14. The molecule has 1 fully saturated rings. The molecule has 0 saturated carbocycles. The van der Waals surface area contributed by atoms with E-state index in [1.165, 1.54) is 6.42 Å². The van der Waals surface area contributed by atoms with Gasteiger partial charge in [-0.25, -0.2) is 4.98 Å². The van der Waals surface area contributed by atoms with E-state index < -0.39 is 0 Å². The molecule has 1 aliphatic heterocycles. The lowest BCUT2D eigenvalue weighted by atomic mass is 10.1. The van der Waals surface area contributed by atoms with Crippen molar-refractivity contribution in [2.24, 2.45) is 5.92 Å². The molecule has 1 saturated heterocycles. The summed E-state index contributed by atoms with van der Waals surface area (Å²) in [5, 5.41) is 3.40. The van der Waals surface area contributed by atoms with E-state index in [-0.39, 0.29) is 0 Å². The number of hydrogen-bond donors (Lipinski definition) is 1. The van der Waals surface area contributed by atoms with Crippen LogP contribution in [0.15, 0.2) is 29.0 Å². The van der Waals surface area contributed by atoms with Crippen molar-refractivity contribution in [3.05, 3.63) is 34.8 Å². The number of nitrogens with one attached hydrogen (secondary N) is 1.